The number of thioether (sulfide) groups is 1. The summed E-state index contributed by atoms with van der Waals surface area (Å²) in [4.78, 5) is 4.61. The van der Waals surface area contributed by atoms with E-state index in [1.54, 1.807) is 33.1 Å². The van der Waals surface area contributed by atoms with Crippen molar-refractivity contribution in [3.05, 3.63) is 17.7 Å². The monoisotopic (exact) mass is 341 g/mol. The number of rotatable bonds is 9. The van der Waals surface area contributed by atoms with Gasteiger partial charge in [-0.3, -0.25) is 0 Å². The first-order chi connectivity index (χ1) is 11.2. The molecule has 23 heavy (non-hydrogen) atoms. The fourth-order valence-corrected chi connectivity index (χ4v) is 2.31. The van der Waals surface area contributed by atoms with Crippen molar-refractivity contribution in [1.82, 2.24) is 10.6 Å². The van der Waals surface area contributed by atoms with Gasteiger partial charge in [0.2, 0.25) is 0 Å². The molecule has 6 nitrogen and oxygen atoms in total. The summed E-state index contributed by atoms with van der Waals surface area (Å²) in [5.74, 6) is 3.90. The predicted molar refractivity (Wildman–Crippen MR) is 97.3 cm³/mol. The van der Waals surface area contributed by atoms with Gasteiger partial charge in [-0.1, -0.05) is 0 Å². The number of benzene rings is 1. The Morgan fingerprint density at radius 3 is 2.22 bits per heavy atom. The van der Waals surface area contributed by atoms with Crippen molar-refractivity contribution in [2.24, 2.45) is 4.99 Å². The molecule has 0 spiro atoms. The molecule has 0 aliphatic carbocycles. The Hall–Kier alpha value is -1.76. The Morgan fingerprint density at radius 1 is 1.09 bits per heavy atom. The van der Waals surface area contributed by atoms with Gasteiger partial charge in [-0.2, -0.15) is 11.8 Å². The number of aliphatic imine (C=N–C) groups is 1. The average Bonchev–Trinajstić information content (AvgIpc) is 2.58. The molecule has 130 valence electrons. The molecule has 1 aromatic rings. The van der Waals surface area contributed by atoms with E-state index in [0.717, 1.165) is 30.4 Å². The normalized spacial score (nSPS) is 11.1. The third-order valence-corrected chi connectivity index (χ3v) is 3.77. The summed E-state index contributed by atoms with van der Waals surface area (Å²) in [6.07, 6.45) is 2.08. The highest BCUT2D eigenvalue weighted by atomic mass is 32.2. The third kappa shape index (κ3) is 6.09. The zero-order chi connectivity index (χ0) is 17.1. The smallest absolute Gasteiger partial charge is 0.191 e. The van der Waals surface area contributed by atoms with E-state index >= 15 is 0 Å². The highest BCUT2D eigenvalue weighted by Crippen LogP contribution is 2.34. The summed E-state index contributed by atoms with van der Waals surface area (Å²) in [6.45, 7) is 4.16. The molecular weight excluding hydrogens is 314 g/mol. The summed E-state index contributed by atoms with van der Waals surface area (Å²) in [5.41, 5.74) is 0.887. The van der Waals surface area contributed by atoms with Crippen LogP contribution in [0.3, 0.4) is 0 Å². The van der Waals surface area contributed by atoms with Crippen LogP contribution >= 0.6 is 11.8 Å². The first-order valence-electron chi connectivity index (χ1n) is 7.50. The van der Waals surface area contributed by atoms with Gasteiger partial charge in [0.05, 0.1) is 33.4 Å². The summed E-state index contributed by atoms with van der Waals surface area (Å²) in [6, 6.07) is 3.67. The predicted octanol–water partition coefficient (Wildman–Crippen LogP) is 2.13. The number of hydrogen-bond donors (Lipinski definition) is 2. The highest BCUT2D eigenvalue weighted by Gasteiger charge is 2.13. The minimum Gasteiger partial charge on any atom is -0.496 e. The van der Waals surface area contributed by atoms with E-state index in [0.29, 0.717) is 23.8 Å². The molecule has 0 bridgehead atoms. The summed E-state index contributed by atoms with van der Waals surface area (Å²) >= 11 is 1.79. The Morgan fingerprint density at radius 2 is 1.74 bits per heavy atom. The maximum absolute atomic E-state index is 5.45. The van der Waals surface area contributed by atoms with E-state index in [-0.39, 0.29) is 0 Å². The van der Waals surface area contributed by atoms with Gasteiger partial charge in [-0.15, -0.1) is 0 Å². The van der Waals surface area contributed by atoms with Crippen LogP contribution in [0, 0.1) is 0 Å². The Labute approximate surface area is 143 Å². The molecule has 0 radical (unpaired) electrons. The van der Waals surface area contributed by atoms with Crippen molar-refractivity contribution in [2.45, 2.75) is 13.5 Å². The molecule has 0 atom stereocenters. The Balaban J connectivity index is 2.97. The van der Waals surface area contributed by atoms with Crippen LogP contribution in [-0.4, -0.2) is 52.4 Å². The third-order valence-electron chi connectivity index (χ3n) is 3.16. The molecule has 0 aromatic heterocycles. The zero-order valence-electron chi connectivity index (χ0n) is 14.6. The second-order valence-electron chi connectivity index (χ2n) is 4.63. The largest absolute Gasteiger partial charge is 0.496 e. The number of nitrogens with zero attached hydrogens (tertiary/aromatic N) is 1. The lowest BCUT2D eigenvalue weighted by Crippen LogP contribution is -2.38. The van der Waals surface area contributed by atoms with Crippen LogP contribution in [0.5, 0.6) is 17.2 Å². The summed E-state index contributed by atoms with van der Waals surface area (Å²) in [5, 5.41) is 6.53. The minimum absolute atomic E-state index is 0.449. The second-order valence-corrected chi connectivity index (χ2v) is 5.61. The van der Waals surface area contributed by atoms with Gasteiger partial charge in [0.1, 0.15) is 17.2 Å². The van der Waals surface area contributed by atoms with Crippen LogP contribution in [0.15, 0.2) is 17.1 Å². The number of nitrogens with one attached hydrogen (secondary N) is 2. The maximum atomic E-state index is 5.45. The number of hydrogen-bond acceptors (Lipinski definition) is 5. The van der Waals surface area contributed by atoms with Crippen LogP contribution in [0.4, 0.5) is 0 Å². The van der Waals surface area contributed by atoms with Crippen LogP contribution in [0.1, 0.15) is 12.5 Å². The lowest BCUT2D eigenvalue weighted by atomic mass is 10.1. The fraction of sp³-hybridized carbons (Fsp3) is 0.562. The van der Waals surface area contributed by atoms with Crippen molar-refractivity contribution in [2.75, 3.05) is 46.4 Å². The van der Waals surface area contributed by atoms with Crippen molar-refractivity contribution in [3.8, 4) is 17.2 Å². The van der Waals surface area contributed by atoms with Crippen molar-refractivity contribution >= 4 is 17.7 Å². The van der Waals surface area contributed by atoms with E-state index < -0.39 is 0 Å². The van der Waals surface area contributed by atoms with Gasteiger partial charge in [-0.25, -0.2) is 4.99 Å². The molecule has 0 aliphatic rings. The standard InChI is InChI=1S/C16H27N3O3S/c1-6-17-16(18-7-8-23-5)19-11-13-14(21-3)9-12(20-2)10-15(13)22-4/h9-10H,6-8,11H2,1-5H3,(H2,17,18,19). The van der Waals surface area contributed by atoms with Crippen LogP contribution in [0.2, 0.25) is 0 Å². The summed E-state index contributed by atoms with van der Waals surface area (Å²) < 4.78 is 16.2. The molecule has 0 fully saturated rings. The molecule has 0 saturated heterocycles. The fourth-order valence-electron chi connectivity index (χ4n) is 2.01. The van der Waals surface area contributed by atoms with E-state index in [9.17, 15) is 0 Å². The van der Waals surface area contributed by atoms with Gasteiger partial charge < -0.3 is 24.8 Å². The molecule has 0 heterocycles. The first-order valence-corrected chi connectivity index (χ1v) is 8.89. The van der Waals surface area contributed by atoms with Gasteiger partial charge in [-0.05, 0) is 13.2 Å². The van der Waals surface area contributed by atoms with E-state index in [1.165, 1.54) is 0 Å². The molecule has 0 amide bonds. The minimum atomic E-state index is 0.449. The Bertz CT molecular complexity index is 484. The number of guanidine groups is 1. The van der Waals surface area contributed by atoms with Gasteiger partial charge in [0, 0.05) is 31.0 Å². The zero-order valence-corrected chi connectivity index (χ0v) is 15.4. The highest BCUT2D eigenvalue weighted by molar-refractivity contribution is 7.98. The van der Waals surface area contributed by atoms with Gasteiger partial charge in [0.25, 0.3) is 0 Å². The lowest BCUT2D eigenvalue weighted by molar-refractivity contribution is 0.369. The SMILES string of the molecule is CCNC(=NCc1c(OC)cc(OC)cc1OC)NCCSC. The molecule has 0 unspecified atom stereocenters. The Kier molecular flexibility index (Phi) is 9.12. The maximum Gasteiger partial charge on any atom is 0.191 e. The van der Waals surface area contributed by atoms with Crippen LogP contribution in [0.25, 0.3) is 0 Å². The van der Waals surface area contributed by atoms with E-state index in [1.807, 2.05) is 19.1 Å². The molecule has 1 aromatic carbocycles. The van der Waals surface area contributed by atoms with E-state index in [2.05, 4.69) is 21.9 Å². The van der Waals surface area contributed by atoms with Crippen LogP contribution in [-0.2, 0) is 6.54 Å². The average molecular weight is 341 g/mol. The van der Waals surface area contributed by atoms with Gasteiger partial charge >= 0.3 is 0 Å². The molecule has 2 N–H and O–H groups in total. The molecule has 7 heteroatoms. The lowest BCUT2D eigenvalue weighted by Gasteiger charge is -2.15. The molecule has 1 rings (SSSR count). The van der Waals surface area contributed by atoms with Gasteiger partial charge in [0.15, 0.2) is 5.96 Å². The molecule has 0 saturated carbocycles. The summed E-state index contributed by atoms with van der Waals surface area (Å²) in [7, 11) is 4.87. The van der Waals surface area contributed by atoms with E-state index in [4.69, 9.17) is 14.2 Å². The number of methoxy groups -OCH3 is 3. The van der Waals surface area contributed by atoms with Crippen molar-refractivity contribution in [1.29, 1.82) is 0 Å². The second kappa shape index (κ2) is 10.9. The molecular formula is C16H27N3O3S. The molecule has 0 aliphatic heterocycles. The van der Waals surface area contributed by atoms with Crippen molar-refractivity contribution in [3.63, 3.8) is 0 Å². The number of ether oxygens (including phenoxy) is 3. The topological polar surface area (TPSA) is 64.1 Å². The van der Waals surface area contributed by atoms with Crippen LogP contribution < -0.4 is 24.8 Å². The van der Waals surface area contributed by atoms with Crippen molar-refractivity contribution < 1.29 is 14.2 Å². The first kappa shape index (κ1) is 19.3. The quantitative estimate of drug-likeness (QED) is 0.408.